The van der Waals surface area contributed by atoms with Crippen molar-refractivity contribution in [3.8, 4) is 11.5 Å². The molecule has 0 spiro atoms. The number of nitrogen functional groups attached to an aromatic ring is 1. The van der Waals surface area contributed by atoms with Crippen LogP contribution in [0.1, 0.15) is 17.2 Å². The molecule has 1 atom stereocenters. The van der Waals surface area contributed by atoms with Crippen LogP contribution in [0.2, 0.25) is 5.02 Å². The quantitative estimate of drug-likeness (QED) is 0.697. The summed E-state index contributed by atoms with van der Waals surface area (Å²) in [6, 6.07) is 10.6. The van der Waals surface area contributed by atoms with E-state index in [1.165, 1.54) is 0 Å². The van der Waals surface area contributed by atoms with Crippen molar-refractivity contribution in [3.63, 3.8) is 0 Å². The predicted octanol–water partition coefficient (Wildman–Crippen LogP) is 3.40. The van der Waals surface area contributed by atoms with Crippen molar-refractivity contribution in [1.82, 2.24) is 4.90 Å². The Morgan fingerprint density at radius 1 is 1.33 bits per heavy atom. The van der Waals surface area contributed by atoms with Crippen molar-refractivity contribution in [2.45, 2.75) is 12.6 Å². The molecule has 5 heteroatoms. The first kappa shape index (κ1) is 13.9. The van der Waals surface area contributed by atoms with Crippen LogP contribution in [-0.4, -0.2) is 18.2 Å². The van der Waals surface area contributed by atoms with Crippen molar-refractivity contribution in [1.29, 1.82) is 0 Å². The summed E-state index contributed by atoms with van der Waals surface area (Å²) in [5.41, 5.74) is 8.27. The van der Waals surface area contributed by atoms with Gasteiger partial charge < -0.3 is 15.3 Å². The highest BCUT2D eigenvalue weighted by atomic mass is 35.5. The molecule has 4 nitrogen and oxygen atoms in total. The van der Waals surface area contributed by atoms with Crippen molar-refractivity contribution >= 4 is 23.6 Å². The minimum Gasteiger partial charge on any atom is -0.455 e. The number of hydrogen-bond donors (Lipinski definition) is 1. The summed E-state index contributed by atoms with van der Waals surface area (Å²) >= 11 is 6.14. The number of nitrogens with two attached hydrogens (primary N) is 1. The Morgan fingerprint density at radius 3 is 2.86 bits per heavy atom. The first-order valence-electron chi connectivity index (χ1n) is 6.60. The number of hydrogen-bond acceptors (Lipinski definition) is 4. The fourth-order valence-electron chi connectivity index (χ4n) is 2.61. The molecule has 0 aromatic heterocycles. The molecular formula is C16H15ClN2O2. The zero-order valence-corrected chi connectivity index (χ0v) is 12.3. The summed E-state index contributed by atoms with van der Waals surface area (Å²) in [5, 5.41) is 0.464. The molecule has 0 radical (unpaired) electrons. The van der Waals surface area contributed by atoms with E-state index in [1.54, 1.807) is 18.2 Å². The number of aldehydes is 1. The van der Waals surface area contributed by atoms with E-state index in [0.717, 1.165) is 23.2 Å². The Kier molecular flexibility index (Phi) is 3.57. The second kappa shape index (κ2) is 5.39. The Balaban J connectivity index is 1.98. The first-order chi connectivity index (χ1) is 10.1. The highest BCUT2D eigenvalue weighted by molar-refractivity contribution is 6.32. The Morgan fingerprint density at radius 2 is 2.14 bits per heavy atom. The lowest BCUT2D eigenvalue weighted by Gasteiger charge is -2.12. The van der Waals surface area contributed by atoms with Gasteiger partial charge in [-0.3, -0.25) is 4.90 Å². The lowest BCUT2D eigenvalue weighted by molar-refractivity contribution is -0.111. The van der Waals surface area contributed by atoms with Gasteiger partial charge in [0.2, 0.25) is 0 Å². The van der Waals surface area contributed by atoms with Gasteiger partial charge in [0.25, 0.3) is 0 Å². The number of anilines is 1. The number of carbonyl (C=O) groups excluding carboxylic acids is 1. The minimum absolute atomic E-state index is 0.217. The van der Waals surface area contributed by atoms with Gasteiger partial charge in [-0.05, 0) is 36.9 Å². The van der Waals surface area contributed by atoms with Crippen LogP contribution in [0.15, 0.2) is 36.4 Å². The predicted molar refractivity (Wildman–Crippen MR) is 82.7 cm³/mol. The number of likely N-dealkylation sites (N-methyl/N-ethyl adjacent to an activating group) is 1. The fourth-order valence-corrected chi connectivity index (χ4v) is 2.83. The van der Waals surface area contributed by atoms with Crippen LogP contribution in [0.3, 0.4) is 0 Å². The summed E-state index contributed by atoms with van der Waals surface area (Å²) in [6.45, 7) is 0.668. The van der Waals surface area contributed by atoms with E-state index in [1.807, 2.05) is 30.1 Å². The summed E-state index contributed by atoms with van der Waals surface area (Å²) < 4.78 is 5.92. The van der Waals surface area contributed by atoms with Crippen LogP contribution in [-0.2, 0) is 11.3 Å². The van der Waals surface area contributed by atoms with Gasteiger partial charge in [-0.25, -0.2) is 0 Å². The molecule has 0 amide bonds. The smallest absolute Gasteiger partial charge is 0.146 e. The number of carbonyl (C=O) groups is 1. The van der Waals surface area contributed by atoms with E-state index in [0.29, 0.717) is 23.0 Å². The van der Waals surface area contributed by atoms with E-state index < -0.39 is 0 Å². The van der Waals surface area contributed by atoms with Crippen molar-refractivity contribution < 1.29 is 9.53 Å². The normalized spacial score (nSPS) is 17.5. The number of benzene rings is 2. The molecule has 3 rings (SSSR count). The summed E-state index contributed by atoms with van der Waals surface area (Å²) in [7, 11) is 1.92. The SMILES string of the molecule is CN1Cc2c(Oc3ccc(N)cc3Cl)cccc2C1C=O. The molecule has 108 valence electrons. The first-order valence-corrected chi connectivity index (χ1v) is 6.98. The van der Waals surface area contributed by atoms with Gasteiger partial charge in [-0.1, -0.05) is 23.7 Å². The van der Waals surface area contributed by atoms with E-state index in [-0.39, 0.29) is 6.04 Å². The van der Waals surface area contributed by atoms with Crippen molar-refractivity contribution in [2.75, 3.05) is 12.8 Å². The van der Waals surface area contributed by atoms with Gasteiger partial charge in [0.15, 0.2) is 0 Å². The van der Waals surface area contributed by atoms with Crippen LogP contribution in [0.4, 0.5) is 5.69 Å². The molecule has 2 aromatic carbocycles. The maximum Gasteiger partial charge on any atom is 0.146 e. The third-order valence-corrected chi connectivity index (χ3v) is 3.97. The topological polar surface area (TPSA) is 55.6 Å². The van der Waals surface area contributed by atoms with Crippen LogP contribution < -0.4 is 10.5 Å². The Labute approximate surface area is 128 Å². The maximum atomic E-state index is 11.2. The van der Waals surface area contributed by atoms with Gasteiger partial charge in [0.05, 0.1) is 11.1 Å². The Bertz CT molecular complexity index is 703. The molecular weight excluding hydrogens is 288 g/mol. The number of ether oxygens (including phenoxy) is 1. The van der Waals surface area contributed by atoms with Crippen LogP contribution in [0.25, 0.3) is 0 Å². The van der Waals surface area contributed by atoms with Crippen LogP contribution in [0, 0.1) is 0 Å². The third-order valence-electron chi connectivity index (χ3n) is 3.68. The molecule has 0 aliphatic carbocycles. The van der Waals surface area contributed by atoms with E-state index >= 15 is 0 Å². The summed E-state index contributed by atoms with van der Waals surface area (Å²) in [5.74, 6) is 1.27. The molecule has 0 fully saturated rings. The molecule has 2 aromatic rings. The zero-order chi connectivity index (χ0) is 15.0. The highest BCUT2D eigenvalue weighted by Gasteiger charge is 2.29. The summed E-state index contributed by atoms with van der Waals surface area (Å²) in [4.78, 5) is 13.2. The van der Waals surface area contributed by atoms with Gasteiger partial charge >= 0.3 is 0 Å². The van der Waals surface area contributed by atoms with E-state index in [2.05, 4.69) is 0 Å². The largest absolute Gasteiger partial charge is 0.455 e. The minimum atomic E-state index is -0.217. The fraction of sp³-hybridized carbons (Fsp3) is 0.188. The zero-order valence-electron chi connectivity index (χ0n) is 11.5. The number of fused-ring (bicyclic) bond motifs is 1. The molecule has 1 heterocycles. The molecule has 2 N–H and O–H groups in total. The lowest BCUT2D eigenvalue weighted by Crippen LogP contribution is -2.17. The third kappa shape index (κ3) is 2.48. The van der Waals surface area contributed by atoms with Gasteiger partial charge in [-0.2, -0.15) is 0 Å². The molecule has 1 unspecified atom stereocenters. The lowest BCUT2D eigenvalue weighted by atomic mass is 10.1. The van der Waals surface area contributed by atoms with Crippen LogP contribution in [0.5, 0.6) is 11.5 Å². The number of halogens is 1. The number of rotatable bonds is 3. The molecule has 0 saturated carbocycles. The summed E-state index contributed by atoms with van der Waals surface area (Å²) in [6.07, 6.45) is 0.950. The average molecular weight is 303 g/mol. The standard InChI is InChI=1S/C16H15ClN2O2/c1-19-8-12-11(14(19)9-20)3-2-4-15(12)21-16-6-5-10(18)7-13(16)17/h2-7,9,14H,8,18H2,1H3. The van der Waals surface area contributed by atoms with Gasteiger partial charge in [0.1, 0.15) is 17.8 Å². The molecule has 1 aliphatic rings. The highest BCUT2D eigenvalue weighted by Crippen LogP contribution is 2.39. The molecule has 21 heavy (non-hydrogen) atoms. The second-order valence-electron chi connectivity index (χ2n) is 5.11. The number of nitrogens with zero attached hydrogens (tertiary/aromatic N) is 1. The van der Waals surface area contributed by atoms with Crippen LogP contribution >= 0.6 is 11.6 Å². The van der Waals surface area contributed by atoms with Gasteiger partial charge in [0, 0.05) is 17.8 Å². The van der Waals surface area contributed by atoms with Crippen molar-refractivity contribution in [2.24, 2.45) is 0 Å². The molecule has 1 aliphatic heterocycles. The second-order valence-corrected chi connectivity index (χ2v) is 5.52. The Hall–Kier alpha value is -2.04. The molecule has 0 bridgehead atoms. The van der Waals surface area contributed by atoms with E-state index in [4.69, 9.17) is 22.1 Å². The molecule has 0 saturated heterocycles. The monoisotopic (exact) mass is 302 g/mol. The van der Waals surface area contributed by atoms with Gasteiger partial charge in [-0.15, -0.1) is 0 Å². The van der Waals surface area contributed by atoms with E-state index in [9.17, 15) is 4.79 Å². The van der Waals surface area contributed by atoms with Crippen molar-refractivity contribution in [3.05, 3.63) is 52.5 Å². The maximum absolute atomic E-state index is 11.2. The average Bonchev–Trinajstić information content (AvgIpc) is 2.78.